The summed E-state index contributed by atoms with van der Waals surface area (Å²) in [5.41, 5.74) is 0.773. The minimum atomic E-state index is -0.124. The molecule has 1 aromatic rings. The Bertz CT molecular complexity index is 460. The predicted molar refractivity (Wildman–Crippen MR) is 72.4 cm³/mol. The Morgan fingerprint density at radius 1 is 1.41 bits per heavy atom. The van der Waals surface area contributed by atoms with Crippen LogP contribution in [0.15, 0.2) is 35.3 Å². The third-order valence-electron chi connectivity index (χ3n) is 1.92. The molecule has 1 heterocycles. The Labute approximate surface area is 107 Å². The van der Waals surface area contributed by atoms with E-state index in [-0.39, 0.29) is 17.6 Å². The summed E-state index contributed by atoms with van der Waals surface area (Å²) < 4.78 is 0.679. The highest BCUT2D eigenvalue weighted by atomic mass is 32.2. The summed E-state index contributed by atoms with van der Waals surface area (Å²) in [6, 6.07) is 9.26. The number of hydrogen-bond donors (Lipinski definition) is 1. The monoisotopic (exact) mass is 266 g/mol. The van der Waals surface area contributed by atoms with Crippen molar-refractivity contribution in [3.8, 4) is 0 Å². The van der Waals surface area contributed by atoms with Gasteiger partial charge in [0.15, 0.2) is 0 Å². The van der Waals surface area contributed by atoms with Crippen LogP contribution < -0.4 is 5.32 Å². The number of rotatable bonds is 3. The first-order valence-electron chi connectivity index (χ1n) is 4.96. The number of para-hydroxylation sites is 1. The standard InChI is InChI=1S/C11H10N2O2S2/c14-9(12-8-4-2-1-3-5-8)6-16-11-13-10(15)7-17-11/h1-5H,6-7H2,(H,12,14). The Kier molecular flexibility index (Phi) is 4.22. The van der Waals surface area contributed by atoms with Crippen LogP contribution in [0, 0.1) is 0 Å². The van der Waals surface area contributed by atoms with Gasteiger partial charge in [0.25, 0.3) is 5.91 Å². The fourth-order valence-corrected chi connectivity index (χ4v) is 2.87. The molecule has 0 aromatic heterocycles. The number of aliphatic imine (C=N–C) groups is 1. The molecule has 2 amide bonds. The first-order valence-corrected chi connectivity index (χ1v) is 6.93. The van der Waals surface area contributed by atoms with Crippen molar-refractivity contribution in [2.75, 3.05) is 16.8 Å². The molecule has 4 nitrogen and oxygen atoms in total. The number of hydrogen-bond acceptors (Lipinski definition) is 4. The van der Waals surface area contributed by atoms with Crippen molar-refractivity contribution in [2.45, 2.75) is 0 Å². The molecule has 0 radical (unpaired) electrons. The van der Waals surface area contributed by atoms with Crippen molar-refractivity contribution in [1.29, 1.82) is 0 Å². The normalized spacial score (nSPS) is 14.6. The summed E-state index contributed by atoms with van der Waals surface area (Å²) in [5.74, 6) is 0.446. The molecule has 1 aromatic carbocycles. The van der Waals surface area contributed by atoms with Gasteiger partial charge in [-0.3, -0.25) is 9.59 Å². The van der Waals surface area contributed by atoms with Gasteiger partial charge in [-0.25, -0.2) is 0 Å². The fraction of sp³-hybridized carbons (Fsp3) is 0.182. The summed E-state index contributed by atoms with van der Waals surface area (Å²) in [6.07, 6.45) is 0. The van der Waals surface area contributed by atoms with E-state index in [9.17, 15) is 9.59 Å². The van der Waals surface area contributed by atoms with Gasteiger partial charge in [-0.2, -0.15) is 4.99 Å². The molecule has 0 atom stereocenters. The molecule has 0 aliphatic carbocycles. The number of nitrogens with one attached hydrogen (secondary N) is 1. The molecule has 1 aliphatic heterocycles. The largest absolute Gasteiger partial charge is 0.325 e. The van der Waals surface area contributed by atoms with Gasteiger partial charge < -0.3 is 5.32 Å². The van der Waals surface area contributed by atoms with Gasteiger partial charge in [0.2, 0.25) is 5.91 Å². The Morgan fingerprint density at radius 3 is 2.82 bits per heavy atom. The summed E-state index contributed by atoms with van der Waals surface area (Å²) >= 11 is 2.68. The highest BCUT2D eigenvalue weighted by molar-refractivity contribution is 8.39. The molecule has 2 rings (SSSR count). The lowest BCUT2D eigenvalue weighted by atomic mass is 10.3. The fourth-order valence-electron chi connectivity index (χ4n) is 1.21. The highest BCUT2D eigenvalue weighted by Crippen LogP contribution is 2.22. The summed E-state index contributed by atoms with van der Waals surface area (Å²) in [7, 11) is 0. The van der Waals surface area contributed by atoms with Crippen molar-refractivity contribution in [3.05, 3.63) is 30.3 Å². The van der Waals surface area contributed by atoms with E-state index >= 15 is 0 Å². The van der Waals surface area contributed by atoms with E-state index < -0.39 is 0 Å². The van der Waals surface area contributed by atoms with Gasteiger partial charge >= 0.3 is 0 Å². The lowest BCUT2D eigenvalue weighted by Crippen LogP contribution is -2.14. The number of benzene rings is 1. The number of amides is 2. The molecule has 0 bridgehead atoms. The quantitative estimate of drug-likeness (QED) is 0.909. The second kappa shape index (κ2) is 5.88. The molecule has 0 fully saturated rings. The zero-order valence-electron chi connectivity index (χ0n) is 8.88. The van der Waals surface area contributed by atoms with Gasteiger partial charge in [0.05, 0.1) is 11.5 Å². The Balaban J connectivity index is 1.79. The molecule has 17 heavy (non-hydrogen) atoms. The van der Waals surface area contributed by atoms with Crippen LogP contribution in [0.5, 0.6) is 0 Å². The molecule has 88 valence electrons. The average Bonchev–Trinajstić information content (AvgIpc) is 2.74. The second-order valence-corrected chi connectivity index (χ2v) is 5.45. The van der Waals surface area contributed by atoms with Crippen molar-refractivity contribution in [2.24, 2.45) is 4.99 Å². The predicted octanol–water partition coefficient (Wildman–Crippen LogP) is 1.99. The van der Waals surface area contributed by atoms with E-state index in [1.54, 1.807) is 0 Å². The first-order chi connectivity index (χ1) is 8.24. The third kappa shape index (κ3) is 3.90. The molecular formula is C11H10N2O2S2. The van der Waals surface area contributed by atoms with Crippen LogP contribution >= 0.6 is 23.5 Å². The minimum Gasteiger partial charge on any atom is -0.325 e. The SMILES string of the molecule is O=C1CSC(SCC(=O)Nc2ccccc2)=N1. The van der Waals surface area contributed by atoms with Crippen LogP contribution in [-0.4, -0.2) is 27.7 Å². The van der Waals surface area contributed by atoms with E-state index in [0.717, 1.165) is 5.69 Å². The lowest BCUT2D eigenvalue weighted by molar-refractivity contribution is -0.115. The molecule has 1 N–H and O–H groups in total. The summed E-state index contributed by atoms with van der Waals surface area (Å²) in [5, 5.41) is 2.77. The van der Waals surface area contributed by atoms with Crippen LogP contribution in [0.25, 0.3) is 0 Å². The Morgan fingerprint density at radius 2 is 2.18 bits per heavy atom. The molecular weight excluding hydrogens is 256 g/mol. The topological polar surface area (TPSA) is 58.5 Å². The number of nitrogens with zero attached hydrogens (tertiary/aromatic N) is 1. The molecule has 6 heteroatoms. The molecule has 0 saturated heterocycles. The Hall–Kier alpha value is -1.27. The van der Waals surface area contributed by atoms with E-state index in [4.69, 9.17) is 0 Å². The van der Waals surface area contributed by atoms with Crippen molar-refractivity contribution >= 4 is 45.4 Å². The van der Waals surface area contributed by atoms with Crippen LogP contribution in [0.3, 0.4) is 0 Å². The third-order valence-corrected chi connectivity index (χ3v) is 4.10. The van der Waals surface area contributed by atoms with Gasteiger partial charge in [0.1, 0.15) is 4.38 Å². The van der Waals surface area contributed by atoms with Crippen LogP contribution in [0.2, 0.25) is 0 Å². The van der Waals surface area contributed by atoms with E-state index in [2.05, 4.69) is 10.3 Å². The summed E-state index contributed by atoms with van der Waals surface area (Å²) in [4.78, 5) is 26.2. The van der Waals surface area contributed by atoms with Crippen molar-refractivity contribution in [3.63, 3.8) is 0 Å². The van der Waals surface area contributed by atoms with Crippen molar-refractivity contribution in [1.82, 2.24) is 0 Å². The zero-order chi connectivity index (χ0) is 12.1. The lowest BCUT2D eigenvalue weighted by Gasteiger charge is -2.03. The van der Waals surface area contributed by atoms with Gasteiger partial charge in [-0.05, 0) is 12.1 Å². The molecule has 1 aliphatic rings. The number of thioether (sulfide) groups is 2. The maximum Gasteiger partial charge on any atom is 0.257 e. The zero-order valence-corrected chi connectivity index (χ0v) is 10.5. The maximum atomic E-state index is 11.6. The second-order valence-electron chi connectivity index (χ2n) is 3.26. The van der Waals surface area contributed by atoms with Crippen molar-refractivity contribution < 1.29 is 9.59 Å². The van der Waals surface area contributed by atoms with E-state index in [0.29, 0.717) is 10.1 Å². The van der Waals surface area contributed by atoms with E-state index in [1.807, 2.05) is 30.3 Å². The van der Waals surface area contributed by atoms with Gasteiger partial charge in [-0.15, -0.1) is 0 Å². The molecule has 0 unspecified atom stereocenters. The minimum absolute atomic E-state index is 0.0937. The number of carbonyl (C=O) groups excluding carboxylic acids is 2. The van der Waals surface area contributed by atoms with Crippen LogP contribution in [0.4, 0.5) is 5.69 Å². The number of carbonyl (C=O) groups is 2. The van der Waals surface area contributed by atoms with Gasteiger partial charge in [0, 0.05) is 5.69 Å². The highest BCUT2D eigenvalue weighted by Gasteiger charge is 2.16. The van der Waals surface area contributed by atoms with Crippen LogP contribution in [-0.2, 0) is 9.59 Å². The smallest absolute Gasteiger partial charge is 0.257 e. The maximum absolute atomic E-state index is 11.6. The molecule has 0 saturated carbocycles. The number of anilines is 1. The molecule has 0 spiro atoms. The van der Waals surface area contributed by atoms with Gasteiger partial charge in [-0.1, -0.05) is 41.7 Å². The average molecular weight is 266 g/mol. The summed E-state index contributed by atoms with van der Waals surface area (Å²) in [6.45, 7) is 0. The van der Waals surface area contributed by atoms with Crippen LogP contribution in [0.1, 0.15) is 0 Å². The van der Waals surface area contributed by atoms with E-state index in [1.165, 1.54) is 23.5 Å². The first kappa shape index (κ1) is 12.2.